The maximum Gasteiger partial charge on any atom is 0.407 e. The lowest BCUT2D eigenvalue weighted by atomic mass is 10.2. The van der Waals surface area contributed by atoms with Gasteiger partial charge in [0.15, 0.2) is 11.5 Å². The van der Waals surface area contributed by atoms with E-state index in [-0.39, 0.29) is 11.4 Å². The molecule has 8 nitrogen and oxygen atoms in total. The second kappa shape index (κ2) is 7.71. The number of likely N-dealkylation sites (N-methyl/N-ethyl adjacent to an activating group) is 1. The average molecular weight is 386 g/mol. The Morgan fingerprint density at radius 3 is 2.50 bits per heavy atom. The predicted molar refractivity (Wildman–Crippen MR) is 96.1 cm³/mol. The largest absolute Gasteiger partial charge is 0.486 e. The number of nitrogens with one attached hydrogen (secondary N) is 1. The number of carbonyl (C=O) groups excluding carboxylic acids is 1. The maximum absolute atomic E-state index is 12.8. The lowest BCUT2D eigenvalue weighted by Crippen LogP contribution is -2.44. The third kappa shape index (κ3) is 5.25. The zero-order valence-corrected chi connectivity index (χ0v) is 16.6. The summed E-state index contributed by atoms with van der Waals surface area (Å²) >= 11 is 0. The molecule has 1 heterocycles. The number of amides is 1. The number of rotatable bonds is 5. The van der Waals surface area contributed by atoms with Crippen molar-refractivity contribution in [1.29, 1.82) is 0 Å². The van der Waals surface area contributed by atoms with E-state index in [4.69, 9.17) is 14.2 Å². The van der Waals surface area contributed by atoms with Gasteiger partial charge in [0.05, 0.1) is 4.90 Å². The molecule has 146 valence electrons. The number of ether oxygens (including phenoxy) is 3. The minimum Gasteiger partial charge on any atom is -0.486 e. The van der Waals surface area contributed by atoms with E-state index in [1.165, 1.54) is 23.5 Å². The number of hydrogen-bond donors (Lipinski definition) is 1. The highest BCUT2D eigenvalue weighted by atomic mass is 32.2. The number of benzene rings is 1. The van der Waals surface area contributed by atoms with Crippen LogP contribution in [0, 0.1) is 0 Å². The van der Waals surface area contributed by atoms with E-state index < -0.39 is 27.8 Å². The summed E-state index contributed by atoms with van der Waals surface area (Å²) in [7, 11) is -2.28. The van der Waals surface area contributed by atoms with Crippen LogP contribution in [0.1, 0.15) is 27.7 Å². The predicted octanol–water partition coefficient (Wildman–Crippen LogP) is 1.99. The zero-order chi connectivity index (χ0) is 19.5. The molecule has 1 aliphatic rings. The van der Waals surface area contributed by atoms with Crippen molar-refractivity contribution in [3.8, 4) is 11.5 Å². The van der Waals surface area contributed by atoms with Crippen molar-refractivity contribution in [1.82, 2.24) is 9.62 Å². The molecule has 0 saturated heterocycles. The Balaban J connectivity index is 2.03. The van der Waals surface area contributed by atoms with E-state index in [9.17, 15) is 13.2 Å². The zero-order valence-electron chi connectivity index (χ0n) is 15.7. The molecular weight excluding hydrogens is 360 g/mol. The average Bonchev–Trinajstić information content (AvgIpc) is 2.52. The first kappa shape index (κ1) is 20.3. The Kier molecular flexibility index (Phi) is 6.02. The van der Waals surface area contributed by atoms with Crippen LogP contribution in [0.5, 0.6) is 11.5 Å². The molecule has 0 aliphatic carbocycles. The SMILES string of the molecule is C[C@@H](CN(C)S(=O)(=O)c1ccc2c(c1)OCCO2)NC(=O)OC(C)(C)C. The van der Waals surface area contributed by atoms with Crippen molar-refractivity contribution in [3.63, 3.8) is 0 Å². The highest BCUT2D eigenvalue weighted by molar-refractivity contribution is 7.89. The monoisotopic (exact) mass is 386 g/mol. The molecule has 0 spiro atoms. The van der Waals surface area contributed by atoms with Crippen LogP contribution in [0.4, 0.5) is 4.79 Å². The Hall–Kier alpha value is -2.00. The van der Waals surface area contributed by atoms with Gasteiger partial charge in [-0.2, -0.15) is 4.31 Å². The number of hydrogen-bond acceptors (Lipinski definition) is 6. The molecule has 0 fully saturated rings. The van der Waals surface area contributed by atoms with Gasteiger partial charge < -0.3 is 19.5 Å². The number of fused-ring (bicyclic) bond motifs is 1. The summed E-state index contributed by atoms with van der Waals surface area (Å²) in [5.74, 6) is 0.934. The highest BCUT2D eigenvalue weighted by Gasteiger charge is 2.26. The second-order valence-electron chi connectivity index (χ2n) is 7.14. The molecule has 0 radical (unpaired) electrons. The van der Waals surface area contributed by atoms with E-state index in [2.05, 4.69) is 5.32 Å². The van der Waals surface area contributed by atoms with Gasteiger partial charge in [-0.1, -0.05) is 0 Å². The molecule has 1 aliphatic heterocycles. The summed E-state index contributed by atoms with van der Waals surface area (Å²) in [5, 5.41) is 2.63. The Bertz CT molecular complexity index is 757. The lowest BCUT2D eigenvalue weighted by Gasteiger charge is -2.25. The molecule has 0 aromatic heterocycles. The van der Waals surface area contributed by atoms with Gasteiger partial charge in [-0.25, -0.2) is 13.2 Å². The Morgan fingerprint density at radius 1 is 1.27 bits per heavy atom. The molecule has 1 atom stereocenters. The van der Waals surface area contributed by atoms with Crippen molar-refractivity contribution in [3.05, 3.63) is 18.2 Å². The lowest BCUT2D eigenvalue weighted by molar-refractivity contribution is 0.0504. The van der Waals surface area contributed by atoms with Gasteiger partial charge in [-0.3, -0.25) is 0 Å². The second-order valence-corrected chi connectivity index (χ2v) is 9.18. The van der Waals surface area contributed by atoms with Gasteiger partial charge in [0, 0.05) is 25.7 Å². The van der Waals surface area contributed by atoms with E-state index in [0.29, 0.717) is 24.7 Å². The van der Waals surface area contributed by atoms with E-state index in [1.54, 1.807) is 33.8 Å². The van der Waals surface area contributed by atoms with Gasteiger partial charge in [-0.15, -0.1) is 0 Å². The van der Waals surface area contributed by atoms with Crippen LogP contribution in [-0.4, -0.2) is 57.3 Å². The first-order valence-electron chi connectivity index (χ1n) is 8.34. The summed E-state index contributed by atoms with van der Waals surface area (Å²) in [6.45, 7) is 7.90. The number of carbonyl (C=O) groups is 1. The van der Waals surface area contributed by atoms with Crippen molar-refractivity contribution in [2.45, 2.75) is 44.2 Å². The molecule has 1 amide bonds. The van der Waals surface area contributed by atoms with Crippen LogP contribution in [0.25, 0.3) is 0 Å². The van der Waals surface area contributed by atoms with Gasteiger partial charge in [0.2, 0.25) is 10.0 Å². The minimum absolute atomic E-state index is 0.0933. The fourth-order valence-electron chi connectivity index (χ4n) is 2.40. The molecular formula is C17H26N2O6S. The summed E-state index contributed by atoms with van der Waals surface area (Å²) in [4.78, 5) is 11.9. The summed E-state index contributed by atoms with van der Waals surface area (Å²) < 4.78 is 42.7. The molecule has 0 bridgehead atoms. The fraction of sp³-hybridized carbons (Fsp3) is 0.588. The van der Waals surface area contributed by atoms with Gasteiger partial charge in [0.25, 0.3) is 0 Å². The first-order valence-corrected chi connectivity index (χ1v) is 9.78. The van der Waals surface area contributed by atoms with Crippen molar-refractivity contribution in [2.24, 2.45) is 0 Å². The van der Waals surface area contributed by atoms with E-state index in [1.807, 2.05) is 0 Å². The van der Waals surface area contributed by atoms with Gasteiger partial charge >= 0.3 is 6.09 Å². The van der Waals surface area contributed by atoms with Crippen molar-refractivity contribution < 1.29 is 27.4 Å². The topological polar surface area (TPSA) is 94.2 Å². The summed E-state index contributed by atoms with van der Waals surface area (Å²) in [5.41, 5.74) is -0.618. The molecule has 2 rings (SSSR count). The van der Waals surface area contributed by atoms with Gasteiger partial charge in [0.1, 0.15) is 18.8 Å². The van der Waals surface area contributed by atoms with Crippen LogP contribution in [0.3, 0.4) is 0 Å². The Morgan fingerprint density at radius 2 is 1.88 bits per heavy atom. The van der Waals surface area contributed by atoms with Crippen LogP contribution in [-0.2, 0) is 14.8 Å². The third-order valence-electron chi connectivity index (χ3n) is 3.52. The Labute approximate surface area is 154 Å². The van der Waals surface area contributed by atoms with Gasteiger partial charge in [-0.05, 0) is 39.8 Å². The number of alkyl carbamates (subject to hydrolysis) is 1. The minimum atomic E-state index is -3.73. The molecule has 0 saturated carbocycles. The van der Waals surface area contributed by atoms with Crippen LogP contribution < -0.4 is 14.8 Å². The van der Waals surface area contributed by atoms with Crippen molar-refractivity contribution in [2.75, 3.05) is 26.8 Å². The fourth-order valence-corrected chi connectivity index (χ4v) is 3.68. The van der Waals surface area contributed by atoms with Crippen LogP contribution in [0.15, 0.2) is 23.1 Å². The smallest absolute Gasteiger partial charge is 0.407 e. The summed E-state index contributed by atoms with van der Waals surface area (Å²) in [6.07, 6.45) is -0.588. The molecule has 26 heavy (non-hydrogen) atoms. The third-order valence-corrected chi connectivity index (χ3v) is 5.34. The quantitative estimate of drug-likeness (QED) is 0.832. The standard InChI is InChI=1S/C17H26N2O6S/c1-12(18-16(20)25-17(2,3)4)11-19(5)26(21,22)13-6-7-14-15(10-13)24-9-8-23-14/h6-7,10,12H,8-9,11H2,1-5H3,(H,18,20)/t12-/m0/s1. The van der Waals surface area contributed by atoms with E-state index >= 15 is 0 Å². The van der Waals surface area contributed by atoms with Crippen molar-refractivity contribution >= 4 is 16.1 Å². The molecule has 1 N–H and O–H groups in total. The molecule has 9 heteroatoms. The first-order chi connectivity index (χ1) is 12.0. The molecule has 0 unspecified atom stereocenters. The van der Waals surface area contributed by atoms with E-state index in [0.717, 1.165) is 0 Å². The highest BCUT2D eigenvalue weighted by Crippen LogP contribution is 2.32. The molecule has 1 aromatic rings. The maximum atomic E-state index is 12.8. The normalized spacial score (nSPS) is 15.5. The molecule has 1 aromatic carbocycles. The number of nitrogens with zero attached hydrogens (tertiary/aromatic N) is 1. The van der Waals surface area contributed by atoms with Crippen LogP contribution in [0.2, 0.25) is 0 Å². The van der Waals surface area contributed by atoms with Crippen LogP contribution >= 0.6 is 0 Å². The number of sulfonamides is 1. The summed E-state index contributed by atoms with van der Waals surface area (Å²) in [6, 6.07) is 4.08.